The van der Waals surface area contributed by atoms with E-state index >= 15 is 0 Å². The summed E-state index contributed by atoms with van der Waals surface area (Å²) in [7, 11) is 0. The van der Waals surface area contributed by atoms with Crippen molar-refractivity contribution in [2.75, 3.05) is 58.5 Å². The number of ether oxygens (including phenoxy) is 3. The molecule has 4 rings (SSSR count). The number of nitrogens with zero attached hydrogens (tertiary/aromatic N) is 1. The predicted octanol–water partition coefficient (Wildman–Crippen LogP) is 2.51. The number of benzene rings is 1. The van der Waals surface area contributed by atoms with Gasteiger partial charge in [-0.15, -0.1) is 0 Å². The number of unbranched alkanes of at least 4 members (excludes halogenated alkanes) is 1. The minimum atomic E-state index is -1.13. The third-order valence-electron chi connectivity index (χ3n) is 9.53. The number of aromatic carboxylic acids is 1. The Morgan fingerprint density at radius 1 is 0.754 bits per heavy atom. The van der Waals surface area contributed by atoms with Crippen molar-refractivity contribution in [3.63, 3.8) is 0 Å². The molecule has 1 aromatic carbocycles. The molecule has 0 saturated carbocycles. The lowest BCUT2D eigenvalue weighted by atomic mass is 10.0. The molecule has 6 amide bonds. The normalized spacial score (nSPS) is 17.0. The fraction of sp³-hybridized carbons (Fsp3) is 0.590. The predicted molar refractivity (Wildman–Crippen MR) is 213 cm³/mol. The highest BCUT2D eigenvalue weighted by atomic mass is 32.2. The van der Waals surface area contributed by atoms with Gasteiger partial charge in [-0.25, -0.2) is 9.59 Å². The molecule has 3 atom stereocenters. The molecule has 2 aliphatic rings. The van der Waals surface area contributed by atoms with Gasteiger partial charge in [0.15, 0.2) is 0 Å². The maximum Gasteiger partial charge on any atom is 0.337 e. The summed E-state index contributed by atoms with van der Waals surface area (Å²) in [4.78, 5) is 72.5. The number of carboxylic acid groups (broad SMARTS) is 1. The van der Waals surface area contributed by atoms with Crippen LogP contribution in [-0.2, 0) is 28.6 Å². The van der Waals surface area contributed by atoms with Gasteiger partial charge < -0.3 is 45.2 Å². The van der Waals surface area contributed by atoms with Crippen molar-refractivity contribution in [1.29, 1.82) is 0 Å². The van der Waals surface area contributed by atoms with Crippen LogP contribution in [0.3, 0.4) is 0 Å². The zero-order valence-electron chi connectivity index (χ0n) is 32.8. The zero-order chi connectivity index (χ0) is 41.0. The lowest BCUT2D eigenvalue weighted by molar-refractivity contribution is -0.123. The number of carbonyl (C=O) groups is 6. The lowest BCUT2D eigenvalue weighted by Crippen LogP contribution is -2.41. The van der Waals surface area contributed by atoms with Gasteiger partial charge in [0.05, 0.1) is 49.8 Å². The molecule has 1 aromatic heterocycles. The van der Waals surface area contributed by atoms with Crippen molar-refractivity contribution in [3.05, 3.63) is 52.8 Å². The van der Waals surface area contributed by atoms with E-state index in [1.54, 1.807) is 4.57 Å². The number of hydrogen-bond donors (Lipinski definition) is 7. The molecule has 314 valence electrons. The molecule has 0 radical (unpaired) electrons. The molecular formula is C39H57N7O10S. The molecule has 18 heteroatoms. The third-order valence-corrected chi connectivity index (χ3v) is 11.0. The van der Waals surface area contributed by atoms with Crippen molar-refractivity contribution in [2.45, 2.75) is 89.0 Å². The second kappa shape index (κ2) is 24.2. The van der Waals surface area contributed by atoms with Gasteiger partial charge in [0.25, 0.3) is 5.91 Å². The number of fused-ring (bicyclic) bond motifs is 1. The van der Waals surface area contributed by atoms with Crippen LogP contribution in [0.4, 0.5) is 4.79 Å². The average Bonchev–Trinajstić information content (AvgIpc) is 3.86. The van der Waals surface area contributed by atoms with Gasteiger partial charge in [0.2, 0.25) is 17.7 Å². The molecule has 2 aliphatic heterocycles. The molecule has 7 N–H and O–H groups in total. The Kier molecular flexibility index (Phi) is 19.1. The van der Waals surface area contributed by atoms with Crippen LogP contribution in [0.5, 0.6) is 0 Å². The highest BCUT2D eigenvalue weighted by molar-refractivity contribution is 8.00. The van der Waals surface area contributed by atoms with E-state index in [4.69, 9.17) is 14.2 Å². The highest BCUT2D eigenvalue weighted by Gasteiger charge is 2.42. The van der Waals surface area contributed by atoms with E-state index in [1.165, 1.54) is 18.2 Å². The summed E-state index contributed by atoms with van der Waals surface area (Å²) in [6, 6.07) is 8.27. The van der Waals surface area contributed by atoms with Gasteiger partial charge in [0.1, 0.15) is 0 Å². The van der Waals surface area contributed by atoms with Gasteiger partial charge in [0, 0.05) is 73.5 Å². The summed E-state index contributed by atoms with van der Waals surface area (Å²) in [6.07, 6.45) is 5.10. The summed E-state index contributed by atoms with van der Waals surface area (Å²) in [5.74, 6) is -1.39. The first kappa shape index (κ1) is 45.1. The molecule has 0 unspecified atom stereocenters. The third kappa shape index (κ3) is 15.3. The Morgan fingerprint density at radius 2 is 1.35 bits per heavy atom. The second-order valence-corrected chi connectivity index (χ2v) is 15.2. The van der Waals surface area contributed by atoms with Crippen molar-refractivity contribution in [1.82, 2.24) is 36.7 Å². The van der Waals surface area contributed by atoms with Gasteiger partial charge in [-0.05, 0) is 76.3 Å². The Morgan fingerprint density at radius 3 is 1.98 bits per heavy atom. The summed E-state index contributed by atoms with van der Waals surface area (Å²) >= 11 is 1.89. The Hall–Kier alpha value is -4.65. The molecule has 0 bridgehead atoms. The molecule has 0 aliphatic carbocycles. The first-order valence-corrected chi connectivity index (χ1v) is 20.7. The fourth-order valence-electron chi connectivity index (χ4n) is 6.55. The van der Waals surface area contributed by atoms with E-state index in [9.17, 15) is 33.9 Å². The largest absolute Gasteiger partial charge is 0.478 e. The maximum absolute atomic E-state index is 12.7. The van der Waals surface area contributed by atoms with E-state index < -0.39 is 17.8 Å². The average molecular weight is 816 g/mol. The number of amides is 6. The van der Waals surface area contributed by atoms with Crippen LogP contribution >= 0.6 is 11.8 Å². The number of aromatic nitrogens is 1. The van der Waals surface area contributed by atoms with Crippen molar-refractivity contribution < 1.29 is 48.1 Å². The van der Waals surface area contributed by atoms with Gasteiger partial charge in [-0.3, -0.25) is 30.0 Å². The van der Waals surface area contributed by atoms with Crippen LogP contribution in [0, 0.1) is 13.8 Å². The molecular weight excluding hydrogens is 759 g/mol. The second-order valence-electron chi connectivity index (χ2n) is 14.0. The number of rotatable bonds is 26. The van der Waals surface area contributed by atoms with Gasteiger partial charge in [-0.1, -0.05) is 6.42 Å². The van der Waals surface area contributed by atoms with E-state index in [0.29, 0.717) is 76.5 Å². The molecule has 0 spiro atoms. The highest BCUT2D eigenvalue weighted by Crippen LogP contribution is 2.33. The smallest absolute Gasteiger partial charge is 0.337 e. The lowest BCUT2D eigenvalue weighted by Gasteiger charge is -2.16. The first-order valence-electron chi connectivity index (χ1n) is 19.6. The quantitative estimate of drug-likeness (QED) is 0.0415. The minimum absolute atomic E-state index is 0.0236. The van der Waals surface area contributed by atoms with Crippen LogP contribution in [-0.4, -0.2) is 121 Å². The topological polar surface area (TPSA) is 227 Å². The zero-order valence-corrected chi connectivity index (χ0v) is 33.6. The Bertz CT molecular complexity index is 1650. The monoisotopic (exact) mass is 815 g/mol. The Labute approximate surface area is 337 Å². The van der Waals surface area contributed by atoms with E-state index in [2.05, 4.69) is 32.1 Å². The molecule has 2 fully saturated rings. The van der Waals surface area contributed by atoms with E-state index in [0.717, 1.165) is 42.8 Å². The van der Waals surface area contributed by atoms with Crippen LogP contribution < -0.4 is 32.1 Å². The van der Waals surface area contributed by atoms with Crippen LogP contribution in [0.2, 0.25) is 0 Å². The molecule has 2 saturated heterocycles. The van der Waals surface area contributed by atoms with Gasteiger partial charge in [-0.2, -0.15) is 11.8 Å². The number of hydrazine groups is 1. The van der Waals surface area contributed by atoms with Crippen molar-refractivity contribution >= 4 is 47.4 Å². The summed E-state index contributed by atoms with van der Waals surface area (Å²) in [6.45, 7) is 7.39. The van der Waals surface area contributed by atoms with Crippen LogP contribution in [0.1, 0.15) is 89.9 Å². The number of hydrogen-bond acceptors (Lipinski definition) is 10. The van der Waals surface area contributed by atoms with Crippen LogP contribution in [0.25, 0.3) is 5.69 Å². The maximum atomic E-state index is 12.7. The number of aryl methyl sites for hydroxylation is 2. The van der Waals surface area contributed by atoms with Gasteiger partial charge >= 0.3 is 12.0 Å². The number of thioether (sulfide) groups is 1. The number of urea groups is 1. The summed E-state index contributed by atoms with van der Waals surface area (Å²) in [5, 5.41) is 21.7. The minimum Gasteiger partial charge on any atom is -0.478 e. The molecule has 3 heterocycles. The summed E-state index contributed by atoms with van der Waals surface area (Å²) in [5.41, 5.74) is 6.85. The standard InChI is InChI=1S/C39H57N7O10S/c1-26-12-13-27(2)46(26)31-24-28(14-15-29(31)38(51)52)37(50)45-44-35(49)11-5-10-34(48)41-17-7-19-55-21-23-56-22-20-54-18-6-16-40-33(47)9-4-3-8-32-36-30(25-57-32)42-39(53)43-36/h12-15,24,30,32,36H,3-11,16-23,25H2,1-2H3,(H,40,47)(H,41,48)(H,44,49)(H,45,50)(H,51,52)(H2,42,43,53)/t30-,32+,36-/m1/s1. The Balaban J connectivity index is 0.898. The number of carboxylic acids is 1. The number of nitrogens with one attached hydrogen (secondary N) is 6. The molecule has 17 nitrogen and oxygen atoms in total. The SMILES string of the molecule is Cc1ccc(C)n1-c1cc(C(=O)NNC(=O)CCCC(=O)NCCCOCCOCCOCCCNC(=O)CCCC[C@@H]2SC[C@H]3NC(=O)N[C@@H]23)ccc1C(=O)O. The van der Waals surface area contributed by atoms with E-state index in [-0.39, 0.29) is 60.3 Å². The van der Waals surface area contributed by atoms with Crippen LogP contribution in [0.15, 0.2) is 30.3 Å². The van der Waals surface area contributed by atoms with E-state index in [1.807, 2.05) is 37.7 Å². The molecule has 57 heavy (non-hydrogen) atoms. The van der Waals surface area contributed by atoms with Crippen molar-refractivity contribution in [3.8, 4) is 5.69 Å². The first-order chi connectivity index (χ1) is 27.5. The molecule has 2 aromatic rings. The number of carbonyl (C=O) groups excluding carboxylic acids is 5. The fourth-order valence-corrected chi connectivity index (χ4v) is 8.10. The van der Waals surface area contributed by atoms with Crippen molar-refractivity contribution in [2.24, 2.45) is 0 Å². The summed E-state index contributed by atoms with van der Waals surface area (Å²) < 4.78 is 18.3.